The van der Waals surface area contributed by atoms with Crippen molar-refractivity contribution < 1.29 is 14.3 Å². The minimum atomic E-state index is -0.0955. The van der Waals surface area contributed by atoms with Gasteiger partial charge < -0.3 is 19.9 Å². The Labute approximate surface area is 123 Å². The van der Waals surface area contributed by atoms with Crippen molar-refractivity contribution in [3.05, 3.63) is 24.3 Å². The number of hydrogen-bond acceptors (Lipinski definition) is 4. The number of nitrogens with one attached hydrogen (secondary N) is 1. The standard InChI is InChI=1S/C15H19N3O3/c19-14(17-9-6-16-7-10-17)5-8-18-12-3-1-2-4-13(12)21-11-15(18)20/h1-4,16H,5-11H2. The second kappa shape index (κ2) is 6.13. The smallest absolute Gasteiger partial charge is 0.265 e. The highest BCUT2D eigenvalue weighted by Gasteiger charge is 2.26. The molecule has 1 aromatic rings. The third-order valence-corrected chi connectivity index (χ3v) is 3.83. The number of fused-ring (bicyclic) bond motifs is 1. The molecule has 2 heterocycles. The molecule has 2 amide bonds. The van der Waals surface area contributed by atoms with Gasteiger partial charge >= 0.3 is 0 Å². The lowest BCUT2D eigenvalue weighted by molar-refractivity contribution is -0.131. The van der Waals surface area contributed by atoms with E-state index in [1.165, 1.54) is 0 Å². The number of anilines is 1. The van der Waals surface area contributed by atoms with Crippen molar-refractivity contribution in [2.24, 2.45) is 0 Å². The van der Waals surface area contributed by atoms with E-state index in [1.54, 1.807) is 4.90 Å². The van der Waals surface area contributed by atoms with Crippen LogP contribution >= 0.6 is 0 Å². The number of carbonyl (C=O) groups is 2. The van der Waals surface area contributed by atoms with Gasteiger partial charge in [-0.2, -0.15) is 0 Å². The molecule has 1 fully saturated rings. The molecule has 0 saturated carbocycles. The van der Waals surface area contributed by atoms with Crippen LogP contribution in [0.2, 0.25) is 0 Å². The summed E-state index contributed by atoms with van der Waals surface area (Å²) in [6.07, 6.45) is 0.347. The fourth-order valence-electron chi connectivity index (χ4n) is 2.68. The molecule has 21 heavy (non-hydrogen) atoms. The van der Waals surface area contributed by atoms with Gasteiger partial charge in [0.2, 0.25) is 5.91 Å². The average Bonchev–Trinajstić information content (AvgIpc) is 2.54. The minimum absolute atomic E-state index is 0.0405. The molecular weight excluding hydrogens is 270 g/mol. The molecule has 6 nitrogen and oxygen atoms in total. The van der Waals surface area contributed by atoms with Crippen LogP contribution in [-0.2, 0) is 9.59 Å². The molecule has 3 rings (SSSR count). The summed E-state index contributed by atoms with van der Waals surface area (Å²) in [7, 11) is 0. The molecule has 0 atom stereocenters. The van der Waals surface area contributed by atoms with E-state index in [9.17, 15) is 9.59 Å². The lowest BCUT2D eigenvalue weighted by Gasteiger charge is -2.31. The third kappa shape index (κ3) is 3.00. The number of hydrogen-bond donors (Lipinski definition) is 1. The van der Waals surface area contributed by atoms with Crippen LogP contribution in [-0.4, -0.2) is 56.0 Å². The monoisotopic (exact) mass is 289 g/mol. The average molecular weight is 289 g/mol. The van der Waals surface area contributed by atoms with Gasteiger partial charge in [0, 0.05) is 39.1 Å². The Morgan fingerprint density at radius 1 is 1.24 bits per heavy atom. The summed E-state index contributed by atoms with van der Waals surface area (Å²) in [5, 5.41) is 3.22. The Morgan fingerprint density at radius 2 is 2.00 bits per heavy atom. The SMILES string of the molecule is O=C(CCN1C(=O)COc2ccccc21)N1CCNCC1. The number of carbonyl (C=O) groups excluding carboxylic acids is 2. The summed E-state index contributed by atoms with van der Waals surface area (Å²) in [6, 6.07) is 7.43. The summed E-state index contributed by atoms with van der Waals surface area (Å²) in [5.74, 6) is 0.710. The lowest BCUT2D eigenvalue weighted by atomic mass is 10.2. The molecule has 6 heteroatoms. The van der Waals surface area contributed by atoms with Gasteiger partial charge in [-0.3, -0.25) is 9.59 Å². The Hall–Kier alpha value is -2.08. The van der Waals surface area contributed by atoms with Gasteiger partial charge in [-0.05, 0) is 12.1 Å². The zero-order valence-corrected chi connectivity index (χ0v) is 11.9. The third-order valence-electron chi connectivity index (χ3n) is 3.83. The highest BCUT2D eigenvalue weighted by atomic mass is 16.5. The van der Waals surface area contributed by atoms with Crippen LogP contribution in [0.15, 0.2) is 24.3 Å². The van der Waals surface area contributed by atoms with Crippen LogP contribution in [0.1, 0.15) is 6.42 Å². The molecule has 0 unspecified atom stereocenters. The van der Waals surface area contributed by atoms with Gasteiger partial charge in [-0.25, -0.2) is 0 Å². The molecule has 0 aliphatic carbocycles. The van der Waals surface area contributed by atoms with E-state index >= 15 is 0 Å². The van der Waals surface area contributed by atoms with Crippen LogP contribution in [0.3, 0.4) is 0 Å². The fraction of sp³-hybridized carbons (Fsp3) is 0.467. The molecule has 0 spiro atoms. The summed E-state index contributed by atoms with van der Waals surface area (Å²) < 4.78 is 5.39. The first-order chi connectivity index (χ1) is 10.3. The summed E-state index contributed by atoms with van der Waals surface area (Å²) in [5.41, 5.74) is 0.752. The Balaban J connectivity index is 1.64. The van der Waals surface area contributed by atoms with Crippen molar-refractivity contribution in [1.82, 2.24) is 10.2 Å². The molecule has 0 radical (unpaired) electrons. The van der Waals surface area contributed by atoms with E-state index in [1.807, 2.05) is 29.2 Å². The number of ether oxygens (including phenoxy) is 1. The molecule has 0 bridgehead atoms. The van der Waals surface area contributed by atoms with E-state index in [0.29, 0.717) is 18.7 Å². The van der Waals surface area contributed by atoms with Crippen molar-refractivity contribution in [3.8, 4) is 5.75 Å². The maximum absolute atomic E-state index is 12.2. The van der Waals surface area contributed by atoms with Gasteiger partial charge in [0.1, 0.15) is 5.75 Å². The Bertz CT molecular complexity index is 541. The number of amides is 2. The number of para-hydroxylation sites is 2. The largest absolute Gasteiger partial charge is 0.482 e. The molecule has 1 N–H and O–H groups in total. The van der Waals surface area contributed by atoms with Crippen LogP contribution in [0.4, 0.5) is 5.69 Å². The second-order valence-electron chi connectivity index (χ2n) is 5.18. The Kier molecular flexibility index (Phi) is 4.06. The zero-order chi connectivity index (χ0) is 14.7. The molecule has 112 valence electrons. The van der Waals surface area contributed by atoms with Gasteiger partial charge in [0.15, 0.2) is 6.61 Å². The van der Waals surface area contributed by atoms with E-state index in [2.05, 4.69) is 5.32 Å². The van der Waals surface area contributed by atoms with Gasteiger partial charge in [-0.1, -0.05) is 12.1 Å². The summed E-state index contributed by atoms with van der Waals surface area (Å²) in [6.45, 7) is 3.61. The number of benzene rings is 1. The first kappa shape index (κ1) is 13.9. The molecule has 2 aliphatic heterocycles. The van der Waals surface area contributed by atoms with Crippen molar-refractivity contribution >= 4 is 17.5 Å². The topological polar surface area (TPSA) is 61.9 Å². The van der Waals surface area contributed by atoms with E-state index in [-0.39, 0.29) is 18.4 Å². The van der Waals surface area contributed by atoms with E-state index < -0.39 is 0 Å². The maximum atomic E-state index is 12.2. The van der Waals surface area contributed by atoms with Gasteiger partial charge in [0.25, 0.3) is 5.91 Å². The minimum Gasteiger partial charge on any atom is -0.482 e. The first-order valence-corrected chi connectivity index (χ1v) is 7.26. The number of nitrogens with zero attached hydrogens (tertiary/aromatic N) is 2. The van der Waals surface area contributed by atoms with Crippen LogP contribution in [0.25, 0.3) is 0 Å². The van der Waals surface area contributed by atoms with Crippen molar-refractivity contribution in [3.63, 3.8) is 0 Å². The van der Waals surface area contributed by atoms with Gasteiger partial charge in [-0.15, -0.1) is 0 Å². The normalized spacial score (nSPS) is 18.2. The highest BCUT2D eigenvalue weighted by molar-refractivity contribution is 5.98. The number of rotatable bonds is 3. The molecular formula is C15H19N3O3. The summed E-state index contributed by atoms with van der Waals surface area (Å²) >= 11 is 0. The van der Waals surface area contributed by atoms with Crippen molar-refractivity contribution in [2.45, 2.75) is 6.42 Å². The molecule has 0 aromatic heterocycles. The lowest BCUT2D eigenvalue weighted by Crippen LogP contribution is -2.47. The quantitative estimate of drug-likeness (QED) is 0.865. The zero-order valence-electron chi connectivity index (χ0n) is 11.9. The molecule has 2 aliphatic rings. The van der Waals surface area contributed by atoms with E-state index in [4.69, 9.17) is 4.74 Å². The van der Waals surface area contributed by atoms with Gasteiger partial charge in [0.05, 0.1) is 5.69 Å². The number of piperazine rings is 1. The fourth-order valence-corrected chi connectivity index (χ4v) is 2.68. The predicted octanol–water partition coefficient (Wildman–Crippen LogP) is 0.234. The molecule has 1 saturated heterocycles. The van der Waals surface area contributed by atoms with Crippen molar-refractivity contribution in [1.29, 1.82) is 0 Å². The Morgan fingerprint density at radius 3 is 2.81 bits per heavy atom. The first-order valence-electron chi connectivity index (χ1n) is 7.26. The van der Waals surface area contributed by atoms with Crippen LogP contribution < -0.4 is 15.0 Å². The molecule has 1 aromatic carbocycles. The van der Waals surface area contributed by atoms with Crippen LogP contribution in [0.5, 0.6) is 5.75 Å². The van der Waals surface area contributed by atoms with E-state index in [0.717, 1.165) is 31.9 Å². The maximum Gasteiger partial charge on any atom is 0.265 e. The second-order valence-corrected chi connectivity index (χ2v) is 5.18. The summed E-state index contributed by atoms with van der Waals surface area (Å²) in [4.78, 5) is 27.7. The van der Waals surface area contributed by atoms with Crippen LogP contribution in [0, 0.1) is 0 Å². The highest BCUT2D eigenvalue weighted by Crippen LogP contribution is 2.31. The predicted molar refractivity (Wildman–Crippen MR) is 78.4 cm³/mol. The van der Waals surface area contributed by atoms with Crippen molar-refractivity contribution in [2.75, 3.05) is 44.2 Å².